The third-order valence-corrected chi connectivity index (χ3v) is 7.95. The van der Waals surface area contributed by atoms with Gasteiger partial charge in [0.1, 0.15) is 5.82 Å². The van der Waals surface area contributed by atoms with Gasteiger partial charge in [-0.1, -0.05) is 87.1 Å². The molecule has 1 amide bonds. The maximum Gasteiger partial charge on any atom is 0.251 e. The van der Waals surface area contributed by atoms with Gasteiger partial charge in [-0.2, -0.15) is 0 Å². The number of hydrogen-bond donors (Lipinski definition) is 1. The minimum Gasteiger partial charge on any atom is -0.354 e. The Bertz CT molecular complexity index is 1300. The molecule has 0 aliphatic carbocycles. The predicted molar refractivity (Wildman–Crippen MR) is 172 cm³/mol. The summed E-state index contributed by atoms with van der Waals surface area (Å²) in [5, 5.41) is 3.78. The van der Waals surface area contributed by atoms with E-state index < -0.39 is 0 Å². The normalized spacial score (nSPS) is 14.6. The van der Waals surface area contributed by atoms with Gasteiger partial charge in [-0.05, 0) is 37.4 Å². The third kappa shape index (κ3) is 9.69. The molecular formula is C33H44N6OS. The second kappa shape index (κ2) is 14.6. The van der Waals surface area contributed by atoms with Crippen LogP contribution in [0, 0.1) is 0 Å². The van der Waals surface area contributed by atoms with Gasteiger partial charge in [0.15, 0.2) is 5.16 Å². The highest BCUT2D eigenvalue weighted by Gasteiger charge is 2.23. The van der Waals surface area contributed by atoms with Crippen molar-refractivity contribution in [3.63, 3.8) is 0 Å². The number of likely N-dealkylation sites (N-methyl/N-ethyl adjacent to an activating group) is 1. The first-order valence-corrected chi connectivity index (χ1v) is 15.4. The lowest BCUT2D eigenvalue weighted by atomic mass is 9.92. The van der Waals surface area contributed by atoms with Crippen molar-refractivity contribution in [2.45, 2.75) is 37.1 Å². The molecule has 2 aromatic carbocycles. The van der Waals surface area contributed by atoms with Crippen molar-refractivity contribution in [1.29, 1.82) is 0 Å². The van der Waals surface area contributed by atoms with Gasteiger partial charge in [0, 0.05) is 68.6 Å². The molecule has 0 unspecified atom stereocenters. The highest BCUT2D eigenvalue weighted by atomic mass is 32.2. The van der Waals surface area contributed by atoms with Gasteiger partial charge in [0.25, 0.3) is 5.91 Å². The first-order chi connectivity index (χ1) is 19.7. The fourth-order valence-corrected chi connectivity index (χ4v) is 5.33. The van der Waals surface area contributed by atoms with E-state index in [9.17, 15) is 4.79 Å². The van der Waals surface area contributed by atoms with Gasteiger partial charge >= 0.3 is 0 Å². The van der Waals surface area contributed by atoms with E-state index in [1.54, 1.807) is 11.8 Å². The molecule has 218 valence electrons. The van der Waals surface area contributed by atoms with Crippen molar-refractivity contribution in [1.82, 2.24) is 25.1 Å². The molecule has 3 aromatic rings. The molecule has 2 heterocycles. The molecule has 4 rings (SSSR count). The Hall–Kier alpha value is -3.20. The van der Waals surface area contributed by atoms with Gasteiger partial charge in [-0.25, -0.2) is 9.97 Å². The lowest BCUT2D eigenvalue weighted by Gasteiger charge is -2.35. The fourth-order valence-electron chi connectivity index (χ4n) is 4.53. The summed E-state index contributed by atoms with van der Waals surface area (Å²) >= 11 is 1.63. The molecule has 0 spiro atoms. The van der Waals surface area contributed by atoms with Gasteiger partial charge < -0.3 is 15.1 Å². The Morgan fingerprint density at radius 1 is 1.00 bits per heavy atom. The lowest BCUT2D eigenvalue weighted by molar-refractivity contribution is 0.0951. The van der Waals surface area contributed by atoms with Crippen LogP contribution in [0.2, 0.25) is 0 Å². The number of amides is 1. The zero-order valence-corrected chi connectivity index (χ0v) is 26.0. The van der Waals surface area contributed by atoms with Crippen LogP contribution in [0.3, 0.4) is 0 Å². The van der Waals surface area contributed by atoms with Gasteiger partial charge in [-0.15, -0.1) is 0 Å². The summed E-state index contributed by atoms with van der Waals surface area (Å²) in [5.74, 6) is 1.66. The van der Waals surface area contributed by atoms with Crippen LogP contribution in [0.15, 0.2) is 71.9 Å². The van der Waals surface area contributed by atoms with E-state index in [2.05, 4.69) is 89.3 Å². The quantitative estimate of drug-likeness (QED) is 0.251. The standard InChI is InChI=1S/C33H44N6OS/c1-33(2,3)29-24-30(39-21-19-38(20-22-39)17-10-14-26-11-7-6-8-12-26)36-32(35-29)41-25-27-13-9-15-28(23-27)31(40)34-16-18-37(4)5/h6-15,23-24H,16-22,25H2,1-5H3,(H,34,40)/b14-10+. The van der Waals surface area contributed by atoms with Crippen molar-refractivity contribution < 1.29 is 4.79 Å². The number of aromatic nitrogens is 2. The first kappa shape index (κ1) is 30.8. The molecule has 41 heavy (non-hydrogen) atoms. The van der Waals surface area contributed by atoms with Gasteiger partial charge in [0.05, 0.1) is 5.69 Å². The zero-order valence-electron chi connectivity index (χ0n) is 25.1. The average Bonchev–Trinajstić information content (AvgIpc) is 2.96. The number of carbonyl (C=O) groups excluding carboxylic acids is 1. The van der Waals surface area contributed by atoms with Crippen LogP contribution in [0.1, 0.15) is 48.0 Å². The van der Waals surface area contributed by atoms with E-state index in [0.717, 1.165) is 61.5 Å². The van der Waals surface area contributed by atoms with Crippen LogP contribution in [-0.4, -0.2) is 85.6 Å². The first-order valence-electron chi connectivity index (χ1n) is 14.4. The second-order valence-electron chi connectivity index (χ2n) is 11.8. The Balaban J connectivity index is 1.38. The maximum atomic E-state index is 12.6. The van der Waals surface area contributed by atoms with Crippen LogP contribution in [0.4, 0.5) is 5.82 Å². The Labute approximate surface area is 250 Å². The van der Waals surface area contributed by atoms with E-state index in [4.69, 9.17) is 9.97 Å². The van der Waals surface area contributed by atoms with Crippen LogP contribution in [0.25, 0.3) is 6.08 Å². The maximum absolute atomic E-state index is 12.6. The van der Waals surface area contributed by atoms with Crippen LogP contribution >= 0.6 is 11.8 Å². The molecule has 1 aromatic heterocycles. The number of thioether (sulfide) groups is 1. The molecule has 8 heteroatoms. The highest BCUT2D eigenvalue weighted by Crippen LogP contribution is 2.29. The van der Waals surface area contributed by atoms with Crippen molar-refractivity contribution in [3.8, 4) is 0 Å². The molecular weight excluding hydrogens is 528 g/mol. The smallest absolute Gasteiger partial charge is 0.251 e. The predicted octanol–water partition coefficient (Wildman–Crippen LogP) is 5.19. The van der Waals surface area contributed by atoms with E-state index in [1.807, 2.05) is 38.4 Å². The molecule has 0 bridgehead atoms. The molecule has 7 nitrogen and oxygen atoms in total. The topological polar surface area (TPSA) is 64.6 Å². The average molecular weight is 573 g/mol. The van der Waals surface area contributed by atoms with E-state index in [0.29, 0.717) is 17.9 Å². The molecule has 1 saturated heterocycles. The number of carbonyl (C=O) groups is 1. The Morgan fingerprint density at radius 2 is 1.76 bits per heavy atom. The van der Waals surface area contributed by atoms with E-state index >= 15 is 0 Å². The van der Waals surface area contributed by atoms with Crippen molar-refractivity contribution in [2.24, 2.45) is 0 Å². The van der Waals surface area contributed by atoms with Crippen molar-refractivity contribution in [3.05, 3.63) is 89.1 Å². The molecule has 0 saturated carbocycles. The minimum absolute atomic E-state index is 0.0401. The van der Waals surface area contributed by atoms with Gasteiger partial charge in [0.2, 0.25) is 0 Å². The summed E-state index contributed by atoms with van der Waals surface area (Å²) in [6, 6.07) is 20.5. The Kier molecular flexibility index (Phi) is 11.0. The molecule has 1 aliphatic rings. The minimum atomic E-state index is -0.0817. The summed E-state index contributed by atoms with van der Waals surface area (Å²) in [5.41, 5.74) is 3.97. The van der Waals surface area contributed by atoms with E-state index in [1.165, 1.54) is 5.56 Å². The molecule has 1 aliphatic heterocycles. The summed E-state index contributed by atoms with van der Waals surface area (Å²) < 4.78 is 0. The zero-order chi connectivity index (χ0) is 29.2. The number of anilines is 1. The monoisotopic (exact) mass is 572 g/mol. The molecule has 1 fully saturated rings. The summed E-state index contributed by atoms with van der Waals surface area (Å²) in [4.78, 5) is 29.4. The number of piperazine rings is 1. The van der Waals surface area contributed by atoms with Crippen LogP contribution in [-0.2, 0) is 11.2 Å². The highest BCUT2D eigenvalue weighted by molar-refractivity contribution is 7.98. The number of hydrogen-bond acceptors (Lipinski definition) is 7. The largest absolute Gasteiger partial charge is 0.354 e. The lowest BCUT2D eigenvalue weighted by Crippen LogP contribution is -2.46. The number of rotatable bonds is 11. The molecule has 0 atom stereocenters. The van der Waals surface area contributed by atoms with E-state index in [-0.39, 0.29) is 11.3 Å². The number of benzene rings is 2. The SMILES string of the molecule is CN(C)CCNC(=O)c1cccc(CSc2nc(N3CCN(C/C=C/c4ccccc4)CC3)cc(C(C)(C)C)n2)c1. The fraction of sp³-hybridized carbons (Fsp3) is 0.424. The third-order valence-electron chi connectivity index (χ3n) is 7.03. The van der Waals surface area contributed by atoms with Gasteiger partial charge in [-0.3, -0.25) is 9.69 Å². The summed E-state index contributed by atoms with van der Waals surface area (Å²) in [6.45, 7) is 12.9. The summed E-state index contributed by atoms with van der Waals surface area (Å²) in [7, 11) is 4.00. The molecule has 1 N–H and O–H groups in total. The summed E-state index contributed by atoms with van der Waals surface area (Å²) in [6.07, 6.45) is 4.45. The van der Waals surface area contributed by atoms with Crippen LogP contribution in [0.5, 0.6) is 0 Å². The van der Waals surface area contributed by atoms with Crippen molar-refractivity contribution >= 4 is 29.6 Å². The Morgan fingerprint density at radius 3 is 2.46 bits per heavy atom. The number of nitrogens with zero attached hydrogens (tertiary/aromatic N) is 5. The van der Waals surface area contributed by atoms with Crippen LogP contribution < -0.4 is 10.2 Å². The second-order valence-corrected chi connectivity index (χ2v) is 12.7. The molecule has 0 radical (unpaired) electrons. The van der Waals surface area contributed by atoms with Crippen molar-refractivity contribution in [2.75, 3.05) is 64.8 Å². The number of nitrogens with one attached hydrogen (secondary N) is 1.